The van der Waals surface area contributed by atoms with Gasteiger partial charge in [0.15, 0.2) is 11.8 Å². The molecule has 0 saturated carbocycles. The van der Waals surface area contributed by atoms with E-state index in [0.29, 0.717) is 17.0 Å². The van der Waals surface area contributed by atoms with Crippen molar-refractivity contribution in [2.45, 2.75) is 0 Å². The number of carbonyl (C=O) groups excluding carboxylic acids is 2. The zero-order valence-corrected chi connectivity index (χ0v) is 14.5. The summed E-state index contributed by atoms with van der Waals surface area (Å²) in [7, 11) is 1.53. The molecule has 1 N–H and O–H groups in total. The van der Waals surface area contributed by atoms with Crippen LogP contribution >= 0.6 is 11.6 Å². The maximum absolute atomic E-state index is 12.0. The normalized spacial score (nSPS) is 10.6. The molecule has 0 aliphatic heterocycles. The molecule has 0 aliphatic rings. The van der Waals surface area contributed by atoms with Gasteiger partial charge in [-0.15, -0.1) is 0 Å². The summed E-state index contributed by atoms with van der Waals surface area (Å²) in [6, 6.07) is 11.7. The Labute approximate surface area is 154 Å². The Morgan fingerprint density at radius 2 is 2.04 bits per heavy atom. The van der Waals surface area contributed by atoms with E-state index in [1.54, 1.807) is 42.5 Å². The van der Waals surface area contributed by atoms with Gasteiger partial charge in [0.05, 0.1) is 12.8 Å². The number of carbonyl (C=O) groups is 2. The van der Waals surface area contributed by atoms with E-state index < -0.39 is 18.5 Å². The van der Waals surface area contributed by atoms with Gasteiger partial charge < -0.3 is 14.8 Å². The van der Waals surface area contributed by atoms with E-state index in [4.69, 9.17) is 26.3 Å². The third-order valence-corrected chi connectivity index (χ3v) is 3.44. The number of pyridine rings is 1. The van der Waals surface area contributed by atoms with Crippen molar-refractivity contribution in [1.82, 2.24) is 4.98 Å². The lowest BCUT2D eigenvalue weighted by Gasteiger charge is -2.07. The molecule has 0 spiro atoms. The van der Waals surface area contributed by atoms with Gasteiger partial charge >= 0.3 is 5.97 Å². The van der Waals surface area contributed by atoms with E-state index in [1.165, 1.54) is 19.4 Å². The largest absolute Gasteiger partial charge is 0.497 e. The number of nitriles is 1. The third-order valence-electron chi connectivity index (χ3n) is 3.13. The first-order valence-corrected chi connectivity index (χ1v) is 7.74. The summed E-state index contributed by atoms with van der Waals surface area (Å²) < 4.78 is 9.89. The quantitative estimate of drug-likeness (QED) is 0.362. The van der Waals surface area contributed by atoms with E-state index >= 15 is 0 Å². The second-order valence-electron chi connectivity index (χ2n) is 4.91. The highest BCUT2D eigenvalue weighted by molar-refractivity contribution is 6.32. The molecule has 8 heteroatoms. The lowest BCUT2D eigenvalue weighted by atomic mass is 10.1. The SMILES string of the molecule is COc1ccc(/C=C(\C#N)C(=O)OCC(=O)Nc2cccnc2Cl)cc1. The molecule has 26 heavy (non-hydrogen) atoms. The summed E-state index contributed by atoms with van der Waals surface area (Å²) >= 11 is 5.82. The van der Waals surface area contributed by atoms with Crippen molar-refractivity contribution in [3.8, 4) is 11.8 Å². The third kappa shape index (κ3) is 5.33. The van der Waals surface area contributed by atoms with Gasteiger partial charge in [0.25, 0.3) is 5.91 Å². The summed E-state index contributed by atoms with van der Waals surface area (Å²) in [5.41, 5.74) is 0.678. The summed E-state index contributed by atoms with van der Waals surface area (Å²) in [5.74, 6) is -0.861. The van der Waals surface area contributed by atoms with Gasteiger partial charge in [-0.05, 0) is 35.9 Å². The van der Waals surface area contributed by atoms with Crippen LogP contribution in [-0.2, 0) is 14.3 Å². The summed E-state index contributed by atoms with van der Waals surface area (Å²) in [4.78, 5) is 27.6. The second kappa shape index (κ2) is 9.20. The van der Waals surface area contributed by atoms with Crippen molar-refractivity contribution in [3.05, 3.63) is 58.9 Å². The molecular weight excluding hydrogens is 358 g/mol. The number of amides is 1. The molecule has 0 aliphatic carbocycles. The zero-order valence-electron chi connectivity index (χ0n) is 13.7. The molecule has 0 fully saturated rings. The summed E-state index contributed by atoms with van der Waals surface area (Å²) in [5, 5.41) is 11.7. The van der Waals surface area contributed by atoms with Crippen LogP contribution in [0.2, 0.25) is 5.15 Å². The van der Waals surface area contributed by atoms with E-state index in [2.05, 4.69) is 10.3 Å². The molecule has 0 saturated heterocycles. The average molecular weight is 372 g/mol. The number of halogens is 1. The van der Waals surface area contributed by atoms with Gasteiger partial charge in [-0.25, -0.2) is 9.78 Å². The molecule has 0 unspecified atom stereocenters. The van der Waals surface area contributed by atoms with Gasteiger partial charge in [0.1, 0.15) is 17.4 Å². The predicted octanol–water partition coefficient (Wildman–Crippen LogP) is 2.83. The average Bonchev–Trinajstić information content (AvgIpc) is 2.66. The topological polar surface area (TPSA) is 101 Å². The van der Waals surface area contributed by atoms with E-state index in [9.17, 15) is 9.59 Å². The summed E-state index contributed by atoms with van der Waals surface area (Å²) in [6.45, 7) is -0.564. The molecule has 1 heterocycles. The van der Waals surface area contributed by atoms with Gasteiger partial charge in [-0.3, -0.25) is 4.79 Å². The number of nitrogens with zero attached hydrogens (tertiary/aromatic N) is 2. The Morgan fingerprint density at radius 3 is 2.65 bits per heavy atom. The van der Waals surface area contributed by atoms with Crippen LogP contribution in [0.1, 0.15) is 5.56 Å². The maximum Gasteiger partial charge on any atom is 0.349 e. The Bertz CT molecular complexity index is 873. The molecule has 1 amide bonds. The van der Waals surface area contributed by atoms with Crippen LogP contribution in [0, 0.1) is 11.3 Å². The predicted molar refractivity (Wildman–Crippen MR) is 95.4 cm³/mol. The van der Waals surface area contributed by atoms with Crippen LogP contribution < -0.4 is 10.1 Å². The molecular formula is C18H14ClN3O4. The standard InChI is InChI=1S/C18H14ClN3O4/c1-25-14-6-4-12(5-7-14)9-13(10-20)18(24)26-11-16(23)22-15-3-2-8-21-17(15)19/h2-9H,11H2,1H3,(H,22,23)/b13-9+. The molecule has 0 bridgehead atoms. The van der Waals surface area contributed by atoms with Crippen molar-refractivity contribution in [3.63, 3.8) is 0 Å². The van der Waals surface area contributed by atoms with Crippen molar-refractivity contribution >= 4 is 35.2 Å². The van der Waals surface area contributed by atoms with Crippen LogP contribution in [0.5, 0.6) is 5.75 Å². The van der Waals surface area contributed by atoms with Gasteiger partial charge in [0.2, 0.25) is 0 Å². The minimum Gasteiger partial charge on any atom is -0.497 e. The number of benzene rings is 1. The molecule has 7 nitrogen and oxygen atoms in total. The van der Waals surface area contributed by atoms with Gasteiger partial charge in [-0.2, -0.15) is 5.26 Å². The zero-order chi connectivity index (χ0) is 18.9. The first-order valence-electron chi connectivity index (χ1n) is 7.37. The summed E-state index contributed by atoms with van der Waals surface area (Å²) in [6.07, 6.45) is 2.83. The van der Waals surface area contributed by atoms with Crippen LogP contribution in [0.15, 0.2) is 48.2 Å². The minimum atomic E-state index is -0.907. The Morgan fingerprint density at radius 1 is 1.31 bits per heavy atom. The van der Waals surface area contributed by atoms with E-state index in [1.807, 2.05) is 0 Å². The fraction of sp³-hybridized carbons (Fsp3) is 0.111. The number of anilines is 1. The van der Waals surface area contributed by atoms with Gasteiger partial charge in [0, 0.05) is 6.20 Å². The van der Waals surface area contributed by atoms with E-state index in [0.717, 1.165) is 0 Å². The Hall–Kier alpha value is -3.37. The lowest BCUT2D eigenvalue weighted by molar-refractivity contribution is -0.142. The molecule has 2 rings (SSSR count). The number of hydrogen-bond acceptors (Lipinski definition) is 6. The fourth-order valence-electron chi connectivity index (χ4n) is 1.88. The highest BCUT2D eigenvalue weighted by Gasteiger charge is 2.14. The molecule has 0 radical (unpaired) electrons. The molecule has 1 aromatic heterocycles. The number of rotatable bonds is 6. The Kier molecular flexibility index (Phi) is 6.71. The van der Waals surface area contributed by atoms with Gasteiger partial charge in [-0.1, -0.05) is 23.7 Å². The lowest BCUT2D eigenvalue weighted by Crippen LogP contribution is -2.21. The monoisotopic (exact) mass is 371 g/mol. The number of ether oxygens (including phenoxy) is 2. The first kappa shape index (κ1) is 19.0. The van der Waals surface area contributed by atoms with Crippen molar-refractivity contribution in [1.29, 1.82) is 5.26 Å². The van der Waals surface area contributed by atoms with Crippen molar-refractivity contribution < 1.29 is 19.1 Å². The number of nitrogens with one attached hydrogen (secondary N) is 1. The molecule has 2 aromatic rings. The Balaban J connectivity index is 1.96. The van der Waals surface area contributed by atoms with E-state index in [-0.39, 0.29) is 10.7 Å². The van der Waals surface area contributed by atoms with Crippen molar-refractivity contribution in [2.75, 3.05) is 19.0 Å². The van der Waals surface area contributed by atoms with Crippen LogP contribution in [0.25, 0.3) is 6.08 Å². The first-order chi connectivity index (χ1) is 12.5. The second-order valence-corrected chi connectivity index (χ2v) is 5.27. The smallest absolute Gasteiger partial charge is 0.349 e. The van der Waals surface area contributed by atoms with Crippen LogP contribution in [-0.4, -0.2) is 30.6 Å². The molecule has 0 atom stereocenters. The number of esters is 1. The highest BCUT2D eigenvalue weighted by atomic mass is 35.5. The molecule has 1 aromatic carbocycles. The van der Waals surface area contributed by atoms with Crippen LogP contribution in [0.3, 0.4) is 0 Å². The fourth-order valence-corrected chi connectivity index (χ4v) is 2.04. The number of hydrogen-bond donors (Lipinski definition) is 1. The number of methoxy groups -OCH3 is 1. The highest BCUT2D eigenvalue weighted by Crippen LogP contribution is 2.17. The maximum atomic E-state index is 12.0. The van der Waals surface area contributed by atoms with Crippen LogP contribution in [0.4, 0.5) is 5.69 Å². The number of aromatic nitrogens is 1. The van der Waals surface area contributed by atoms with Crippen molar-refractivity contribution in [2.24, 2.45) is 0 Å². The molecule has 132 valence electrons. The minimum absolute atomic E-state index is 0.115.